The lowest BCUT2D eigenvalue weighted by Gasteiger charge is -2.28. The average molecular weight is 456 g/mol. The summed E-state index contributed by atoms with van der Waals surface area (Å²) in [5.41, 5.74) is 5.44. The van der Waals surface area contributed by atoms with Crippen LogP contribution in [-0.2, 0) is 11.3 Å². The van der Waals surface area contributed by atoms with Gasteiger partial charge in [0.25, 0.3) is 0 Å². The smallest absolute Gasteiger partial charge is 0.141 e. The topological polar surface area (TPSA) is 98.1 Å². The minimum absolute atomic E-state index is 0.0939. The standard InChI is InChI=1S/C27H29N5O2/c1-27(2,33)22-7-5-18(6-8-22)24-14-23-25(29-17-30-26(23)31-24)19-3-4-20(21(13-19)15-28)16-32-9-11-34-12-10-32/h3-7,13-14,17,22,33H,8-12,16H2,1-2H3,(H,29,30,31). The molecule has 1 aliphatic carbocycles. The molecule has 1 saturated heterocycles. The summed E-state index contributed by atoms with van der Waals surface area (Å²) in [7, 11) is 0. The second-order valence-electron chi connectivity index (χ2n) is 9.55. The van der Waals surface area contributed by atoms with Crippen LogP contribution in [0.2, 0.25) is 0 Å². The zero-order valence-electron chi connectivity index (χ0n) is 19.6. The van der Waals surface area contributed by atoms with Crippen molar-refractivity contribution in [1.29, 1.82) is 5.26 Å². The number of H-pyrrole nitrogens is 1. The number of nitriles is 1. The van der Waals surface area contributed by atoms with Gasteiger partial charge in [0.2, 0.25) is 0 Å². The SMILES string of the molecule is CC(C)(O)C1C=CC(c2cc3c(-c4ccc(CN5CCOCC5)c(C#N)c4)ncnc3[nH]2)=CC1. The van der Waals surface area contributed by atoms with E-state index in [4.69, 9.17) is 4.74 Å². The highest BCUT2D eigenvalue weighted by molar-refractivity contribution is 5.94. The van der Waals surface area contributed by atoms with E-state index in [0.717, 1.165) is 78.4 Å². The number of benzene rings is 1. The minimum Gasteiger partial charge on any atom is -0.390 e. The van der Waals surface area contributed by atoms with Crippen molar-refractivity contribution in [3.8, 4) is 17.3 Å². The first-order valence-corrected chi connectivity index (χ1v) is 11.7. The number of morpholine rings is 1. The predicted molar refractivity (Wildman–Crippen MR) is 132 cm³/mol. The van der Waals surface area contributed by atoms with Crippen LogP contribution in [0.15, 0.2) is 48.8 Å². The van der Waals surface area contributed by atoms with Crippen molar-refractivity contribution in [1.82, 2.24) is 19.9 Å². The van der Waals surface area contributed by atoms with Crippen LogP contribution in [0.4, 0.5) is 0 Å². The molecule has 3 heterocycles. The number of aromatic amines is 1. The number of hydrogen-bond donors (Lipinski definition) is 2. The molecule has 0 radical (unpaired) electrons. The second kappa shape index (κ2) is 9.15. The van der Waals surface area contributed by atoms with E-state index in [1.165, 1.54) is 0 Å². The van der Waals surface area contributed by atoms with Gasteiger partial charge in [0.1, 0.15) is 12.0 Å². The molecule has 5 rings (SSSR count). The molecule has 7 heteroatoms. The monoisotopic (exact) mass is 455 g/mol. The average Bonchev–Trinajstić information content (AvgIpc) is 3.29. The quantitative estimate of drug-likeness (QED) is 0.602. The zero-order chi connectivity index (χ0) is 23.7. The van der Waals surface area contributed by atoms with Crippen molar-refractivity contribution in [3.05, 3.63) is 65.6 Å². The highest BCUT2D eigenvalue weighted by atomic mass is 16.5. The van der Waals surface area contributed by atoms with Crippen LogP contribution >= 0.6 is 0 Å². The molecule has 1 unspecified atom stereocenters. The van der Waals surface area contributed by atoms with Crippen LogP contribution in [0, 0.1) is 17.2 Å². The van der Waals surface area contributed by atoms with E-state index in [2.05, 4.69) is 50.2 Å². The zero-order valence-corrected chi connectivity index (χ0v) is 19.6. The molecule has 2 N–H and O–H groups in total. The van der Waals surface area contributed by atoms with Gasteiger partial charge in [-0.1, -0.05) is 30.4 Å². The Kier molecular flexibility index (Phi) is 6.05. The molecule has 3 aromatic rings. The van der Waals surface area contributed by atoms with Crippen LogP contribution < -0.4 is 0 Å². The van der Waals surface area contributed by atoms with E-state index in [-0.39, 0.29) is 5.92 Å². The minimum atomic E-state index is -0.746. The van der Waals surface area contributed by atoms with Crippen LogP contribution in [-0.4, -0.2) is 56.9 Å². The number of allylic oxidation sites excluding steroid dienone is 3. The van der Waals surface area contributed by atoms with E-state index in [0.29, 0.717) is 5.56 Å². The third-order valence-electron chi connectivity index (χ3n) is 6.75. The van der Waals surface area contributed by atoms with E-state index in [9.17, 15) is 10.4 Å². The van der Waals surface area contributed by atoms with Crippen molar-refractivity contribution in [2.45, 2.75) is 32.4 Å². The molecule has 1 atom stereocenters. The van der Waals surface area contributed by atoms with Crippen LogP contribution in [0.5, 0.6) is 0 Å². The maximum absolute atomic E-state index is 10.3. The van der Waals surface area contributed by atoms with Gasteiger partial charge in [-0.05, 0) is 43.5 Å². The number of aromatic nitrogens is 3. The van der Waals surface area contributed by atoms with E-state index >= 15 is 0 Å². The fraction of sp³-hybridized carbons (Fsp3) is 0.370. The summed E-state index contributed by atoms with van der Waals surface area (Å²) >= 11 is 0. The molecule has 0 saturated carbocycles. The molecule has 34 heavy (non-hydrogen) atoms. The van der Waals surface area contributed by atoms with Crippen LogP contribution in [0.1, 0.15) is 37.1 Å². The summed E-state index contributed by atoms with van der Waals surface area (Å²) in [6, 6.07) is 10.4. The third-order valence-corrected chi connectivity index (χ3v) is 6.75. The molecule has 0 spiro atoms. The molecule has 1 aromatic carbocycles. The number of hydrogen-bond acceptors (Lipinski definition) is 6. The Morgan fingerprint density at radius 3 is 2.76 bits per heavy atom. The van der Waals surface area contributed by atoms with E-state index in [1.807, 2.05) is 32.0 Å². The molecule has 0 bridgehead atoms. The fourth-order valence-corrected chi connectivity index (χ4v) is 4.64. The second-order valence-corrected chi connectivity index (χ2v) is 9.55. The molecule has 2 aromatic heterocycles. The molecule has 174 valence electrons. The molecule has 1 aliphatic heterocycles. The van der Waals surface area contributed by atoms with Gasteiger partial charge in [-0.2, -0.15) is 5.26 Å². The van der Waals surface area contributed by atoms with Gasteiger partial charge in [-0.15, -0.1) is 0 Å². The van der Waals surface area contributed by atoms with Gasteiger partial charge in [0.05, 0.1) is 36.1 Å². The molecule has 7 nitrogen and oxygen atoms in total. The third kappa shape index (κ3) is 4.53. The van der Waals surface area contributed by atoms with E-state index < -0.39 is 5.60 Å². The first-order chi connectivity index (χ1) is 16.4. The van der Waals surface area contributed by atoms with Crippen molar-refractivity contribution < 1.29 is 9.84 Å². The summed E-state index contributed by atoms with van der Waals surface area (Å²) in [6.07, 6.45) is 8.60. The van der Waals surface area contributed by atoms with Gasteiger partial charge < -0.3 is 14.8 Å². The van der Waals surface area contributed by atoms with Gasteiger partial charge in [0, 0.05) is 42.2 Å². The first-order valence-electron chi connectivity index (χ1n) is 11.7. The molecular formula is C27H29N5O2. The highest BCUT2D eigenvalue weighted by Gasteiger charge is 2.25. The number of nitrogens with one attached hydrogen (secondary N) is 1. The fourth-order valence-electron chi connectivity index (χ4n) is 4.64. The number of aliphatic hydroxyl groups is 1. The Balaban J connectivity index is 1.44. The van der Waals surface area contributed by atoms with Crippen LogP contribution in [0.25, 0.3) is 27.9 Å². The van der Waals surface area contributed by atoms with Crippen molar-refractivity contribution >= 4 is 16.6 Å². The van der Waals surface area contributed by atoms with Gasteiger partial charge >= 0.3 is 0 Å². The lowest BCUT2D eigenvalue weighted by atomic mass is 9.84. The Morgan fingerprint density at radius 2 is 2.06 bits per heavy atom. The lowest BCUT2D eigenvalue weighted by molar-refractivity contribution is 0.0341. The Hall–Kier alpha value is -3.31. The van der Waals surface area contributed by atoms with Gasteiger partial charge in [0.15, 0.2) is 0 Å². The maximum atomic E-state index is 10.3. The Morgan fingerprint density at radius 1 is 1.24 bits per heavy atom. The van der Waals surface area contributed by atoms with Crippen molar-refractivity contribution in [2.75, 3.05) is 26.3 Å². The molecule has 2 aliphatic rings. The number of ether oxygens (including phenoxy) is 1. The molecule has 1 fully saturated rings. The van der Waals surface area contributed by atoms with Gasteiger partial charge in [-0.25, -0.2) is 9.97 Å². The molecule has 0 amide bonds. The number of rotatable bonds is 5. The highest BCUT2D eigenvalue weighted by Crippen LogP contribution is 2.33. The summed E-state index contributed by atoms with van der Waals surface area (Å²) < 4.78 is 5.43. The normalized spacial score (nSPS) is 19.2. The predicted octanol–water partition coefficient (Wildman–Crippen LogP) is 4.06. The number of fused-ring (bicyclic) bond motifs is 1. The molecular weight excluding hydrogens is 426 g/mol. The Labute approximate surface area is 199 Å². The number of nitrogens with zero attached hydrogens (tertiary/aromatic N) is 4. The largest absolute Gasteiger partial charge is 0.390 e. The van der Waals surface area contributed by atoms with Crippen molar-refractivity contribution in [3.63, 3.8) is 0 Å². The summed E-state index contributed by atoms with van der Waals surface area (Å²) in [5, 5.41) is 21.0. The lowest BCUT2D eigenvalue weighted by Crippen LogP contribution is -2.35. The van der Waals surface area contributed by atoms with Gasteiger partial charge in [-0.3, -0.25) is 4.90 Å². The van der Waals surface area contributed by atoms with Crippen LogP contribution in [0.3, 0.4) is 0 Å². The van der Waals surface area contributed by atoms with Crippen molar-refractivity contribution in [2.24, 2.45) is 5.92 Å². The Bertz CT molecular complexity index is 1300. The van der Waals surface area contributed by atoms with E-state index in [1.54, 1.807) is 6.33 Å². The summed E-state index contributed by atoms with van der Waals surface area (Å²) in [6.45, 7) is 7.66. The maximum Gasteiger partial charge on any atom is 0.141 e. The summed E-state index contributed by atoms with van der Waals surface area (Å²) in [5.74, 6) is 0.0939. The first kappa shape index (κ1) is 22.5. The summed E-state index contributed by atoms with van der Waals surface area (Å²) in [4.78, 5) is 14.7.